The molecule has 4 aromatic heterocycles. The minimum Gasteiger partial charge on any atom is -0.308 e. The summed E-state index contributed by atoms with van der Waals surface area (Å²) in [6.07, 6.45) is 1.93. The van der Waals surface area contributed by atoms with Crippen molar-refractivity contribution in [1.82, 2.24) is 9.55 Å². The van der Waals surface area contributed by atoms with Crippen molar-refractivity contribution in [3.05, 3.63) is 180 Å². The zero-order valence-electron chi connectivity index (χ0n) is 27.7. The van der Waals surface area contributed by atoms with Crippen LogP contribution in [0.3, 0.4) is 0 Å². The van der Waals surface area contributed by atoms with Gasteiger partial charge in [-0.1, -0.05) is 115 Å². The molecule has 7 aromatic carbocycles. The van der Waals surface area contributed by atoms with Gasteiger partial charge in [-0.25, -0.2) is 4.98 Å². The monoisotopic (exact) mass is 694 g/mol. The lowest BCUT2D eigenvalue weighted by molar-refractivity contribution is 0.792. The summed E-state index contributed by atoms with van der Waals surface area (Å²) in [5, 5.41) is 7.84. The summed E-state index contributed by atoms with van der Waals surface area (Å²) in [7, 11) is 0. The molecule has 0 aliphatic heterocycles. The molecule has 240 valence electrons. The van der Waals surface area contributed by atoms with Crippen LogP contribution in [0.4, 0.5) is 0 Å². The molecule has 52 heavy (non-hydrogen) atoms. The summed E-state index contributed by atoms with van der Waals surface area (Å²) >= 11 is 3.75. The van der Waals surface area contributed by atoms with E-state index in [9.17, 15) is 0 Å². The van der Waals surface area contributed by atoms with E-state index in [2.05, 4.69) is 156 Å². The predicted octanol–water partition coefficient (Wildman–Crippen LogP) is 13.3. The van der Waals surface area contributed by atoms with Crippen molar-refractivity contribution in [2.45, 2.75) is 5.41 Å². The Kier molecular flexibility index (Phi) is 5.11. The van der Waals surface area contributed by atoms with Crippen LogP contribution in [0, 0.1) is 0 Å². The van der Waals surface area contributed by atoms with Gasteiger partial charge in [0.1, 0.15) is 4.83 Å². The van der Waals surface area contributed by atoms with E-state index in [1.165, 1.54) is 108 Å². The molecule has 13 rings (SSSR count). The molecule has 0 amide bonds. The van der Waals surface area contributed by atoms with E-state index in [1.807, 2.05) is 28.9 Å². The van der Waals surface area contributed by atoms with Gasteiger partial charge in [0.25, 0.3) is 0 Å². The molecule has 2 aliphatic rings. The van der Waals surface area contributed by atoms with Gasteiger partial charge in [0.2, 0.25) is 0 Å². The average molecular weight is 695 g/mol. The average Bonchev–Trinajstić information content (AvgIpc) is 3.99. The maximum absolute atomic E-state index is 4.89. The third-order valence-corrected chi connectivity index (χ3v) is 14.2. The van der Waals surface area contributed by atoms with E-state index in [1.54, 1.807) is 0 Å². The first-order valence-corrected chi connectivity index (χ1v) is 19.4. The molecule has 0 saturated heterocycles. The normalized spacial score (nSPS) is 13.9. The SMILES string of the molecule is c1ccc2c(c1)-c1ccccc1C21c2ccccc2-c2ccc(-n3c4ccccc4c4c5sc6ncccc6c5c5c6ccccc6sc5c43)cc21. The fourth-order valence-corrected chi connectivity index (χ4v) is 12.5. The maximum atomic E-state index is 4.89. The van der Waals surface area contributed by atoms with Gasteiger partial charge in [-0.15, -0.1) is 22.7 Å². The van der Waals surface area contributed by atoms with Crippen LogP contribution in [0.1, 0.15) is 22.3 Å². The molecule has 4 heterocycles. The summed E-state index contributed by atoms with van der Waals surface area (Å²) < 4.78 is 6.54. The standard InChI is InChI=1S/C48H26N2S2/c1-6-18-35-28(12-1)29-13-2-7-19-36(29)48(35)37-20-8-3-14-30(37)31-24-23-27(26-38(31)48)50-39-21-9-4-15-32(39)43-44(50)46-41(33-16-5-10-22-40(33)51-46)42-34-17-11-25-49-47(34)52-45(42)43/h1-26H. The van der Waals surface area contributed by atoms with Crippen molar-refractivity contribution in [3.8, 4) is 27.9 Å². The highest BCUT2D eigenvalue weighted by molar-refractivity contribution is 7.29. The number of thiophene rings is 2. The smallest absolute Gasteiger partial charge is 0.124 e. The number of nitrogens with zero attached hydrogens (tertiary/aromatic N) is 2. The van der Waals surface area contributed by atoms with Gasteiger partial charge in [0.05, 0.1) is 21.1 Å². The van der Waals surface area contributed by atoms with Crippen LogP contribution in [0.15, 0.2) is 158 Å². The van der Waals surface area contributed by atoms with Crippen molar-refractivity contribution in [3.63, 3.8) is 0 Å². The van der Waals surface area contributed by atoms with Crippen molar-refractivity contribution >= 4 is 85.0 Å². The van der Waals surface area contributed by atoms with Crippen molar-refractivity contribution < 1.29 is 0 Å². The molecular weight excluding hydrogens is 669 g/mol. The molecular formula is C48H26N2S2. The fourth-order valence-electron chi connectivity index (χ4n) is 9.99. The molecule has 0 N–H and O–H groups in total. The van der Waals surface area contributed by atoms with Gasteiger partial charge < -0.3 is 4.57 Å². The number of rotatable bonds is 1. The Balaban J connectivity index is 1.22. The molecule has 2 aliphatic carbocycles. The van der Waals surface area contributed by atoms with Gasteiger partial charge in [0, 0.05) is 53.6 Å². The first-order valence-electron chi connectivity index (χ1n) is 17.8. The van der Waals surface area contributed by atoms with Gasteiger partial charge in [-0.05, 0) is 80.9 Å². The number of hydrogen-bond donors (Lipinski definition) is 0. The second-order valence-corrected chi connectivity index (χ2v) is 16.2. The Bertz CT molecular complexity index is 3310. The van der Waals surface area contributed by atoms with E-state index in [0.29, 0.717) is 0 Å². The van der Waals surface area contributed by atoms with Gasteiger partial charge in [-0.2, -0.15) is 0 Å². The molecule has 0 fully saturated rings. The minimum absolute atomic E-state index is 0.398. The minimum atomic E-state index is -0.398. The van der Waals surface area contributed by atoms with Crippen molar-refractivity contribution in [2.24, 2.45) is 0 Å². The quantitative estimate of drug-likeness (QED) is 0.167. The van der Waals surface area contributed by atoms with Crippen LogP contribution in [0.5, 0.6) is 0 Å². The van der Waals surface area contributed by atoms with Crippen LogP contribution in [0.25, 0.3) is 90.2 Å². The highest BCUT2D eigenvalue weighted by atomic mass is 32.1. The summed E-state index contributed by atoms with van der Waals surface area (Å²) in [6.45, 7) is 0. The molecule has 1 spiro atoms. The first kappa shape index (κ1) is 27.6. The second kappa shape index (κ2) is 9.62. The van der Waals surface area contributed by atoms with E-state index in [-0.39, 0.29) is 0 Å². The highest BCUT2D eigenvalue weighted by Gasteiger charge is 2.51. The lowest BCUT2D eigenvalue weighted by Gasteiger charge is -2.30. The Morgan fingerprint density at radius 3 is 1.81 bits per heavy atom. The van der Waals surface area contributed by atoms with E-state index in [4.69, 9.17) is 4.98 Å². The maximum Gasteiger partial charge on any atom is 0.124 e. The molecule has 0 atom stereocenters. The van der Waals surface area contributed by atoms with Gasteiger partial charge >= 0.3 is 0 Å². The molecule has 0 saturated carbocycles. The third-order valence-electron chi connectivity index (χ3n) is 11.9. The van der Waals surface area contributed by atoms with Crippen LogP contribution < -0.4 is 0 Å². The summed E-state index contributed by atoms with van der Waals surface area (Å²) in [4.78, 5) is 5.99. The lowest BCUT2D eigenvalue weighted by atomic mass is 9.70. The number of fused-ring (bicyclic) bond motifs is 22. The number of para-hydroxylation sites is 1. The number of hydrogen-bond acceptors (Lipinski definition) is 3. The molecule has 0 unspecified atom stereocenters. The molecule has 0 radical (unpaired) electrons. The van der Waals surface area contributed by atoms with E-state index < -0.39 is 5.41 Å². The van der Waals surface area contributed by atoms with E-state index >= 15 is 0 Å². The summed E-state index contributed by atoms with van der Waals surface area (Å²) in [5.41, 5.74) is 14.1. The van der Waals surface area contributed by atoms with Crippen LogP contribution in [0.2, 0.25) is 0 Å². The van der Waals surface area contributed by atoms with Crippen LogP contribution >= 0.6 is 22.7 Å². The Hall–Kier alpha value is -6.07. The Morgan fingerprint density at radius 2 is 1.06 bits per heavy atom. The number of benzene rings is 7. The topological polar surface area (TPSA) is 17.8 Å². The highest BCUT2D eigenvalue weighted by Crippen LogP contribution is 2.63. The van der Waals surface area contributed by atoms with Gasteiger partial charge in [0.15, 0.2) is 0 Å². The van der Waals surface area contributed by atoms with Crippen molar-refractivity contribution in [1.29, 1.82) is 0 Å². The molecule has 4 heteroatoms. The summed E-state index contributed by atoms with van der Waals surface area (Å²) in [5.74, 6) is 0. The first-order chi connectivity index (χ1) is 25.8. The molecule has 0 bridgehead atoms. The number of pyridine rings is 1. The van der Waals surface area contributed by atoms with Gasteiger partial charge in [-0.3, -0.25) is 0 Å². The Morgan fingerprint density at radius 1 is 0.462 bits per heavy atom. The largest absolute Gasteiger partial charge is 0.308 e. The summed E-state index contributed by atoms with van der Waals surface area (Å²) in [6, 6.07) is 56.8. The Labute approximate surface area is 306 Å². The second-order valence-electron chi connectivity index (χ2n) is 14.2. The fraction of sp³-hybridized carbons (Fsp3) is 0.0208. The zero-order chi connectivity index (χ0) is 33.7. The van der Waals surface area contributed by atoms with Crippen LogP contribution in [-0.4, -0.2) is 9.55 Å². The predicted molar refractivity (Wildman–Crippen MR) is 221 cm³/mol. The van der Waals surface area contributed by atoms with E-state index in [0.717, 1.165) is 4.83 Å². The molecule has 11 aromatic rings. The number of aromatic nitrogens is 2. The lowest BCUT2D eigenvalue weighted by Crippen LogP contribution is -2.26. The van der Waals surface area contributed by atoms with Crippen molar-refractivity contribution in [2.75, 3.05) is 0 Å². The van der Waals surface area contributed by atoms with Crippen LogP contribution in [-0.2, 0) is 5.41 Å². The third kappa shape index (κ3) is 3.13. The zero-order valence-corrected chi connectivity index (χ0v) is 29.4. The molecule has 2 nitrogen and oxygen atoms in total.